The van der Waals surface area contributed by atoms with E-state index in [9.17, 15) is 4.79 Å². The monoisotopic (exact) mass is 433 g/mol. The molecule has 0 aromatic heterocycles. The Balaban J connectivity index is 2.51. The molecule has 1 aliphatic carbocycles. The zero-order chi connectivity index (χ0) is 16.5. The van der Waals surface area contributed by atoms with Gasteiger partial charge >= 0.3 is 0 Å². The highest BCUT2D eigenvalue weighted by Gasteiger charge is 2.23. The van der Waals surface area contributed by atoms with Crippen LogP contribution in [-0.4, -0.2) is 12.5 Å². The van der Waals surface area contributed by atoms with Gasteiger partial charge in [-0.1, -0.05) is 43.3 Å². The first-order chi connectivity index (χ1) is 10.4. The molecule has 0 saturated heterocycles. The molecule has 0 spiro atoms. The second-order valence-corrected chi connectivity index (χ2v) is 7.71. The minimum absolute atomic E-state index is 0.0952. The van der Waals surface area contributed by atoms with Crippen LogP contribution < -0.4 is 5.32 Å². The van der Waals surface area contributed by atoms with Gasteiger partial charge in [-0.25, -0.2) is 0 Å². The van der Waals surface area contributed by atoms with E-state index in [1.165, 1.54) is 3.58 Å². The molecule has 0 aliphatic heterocycles. The average Bonchev–Trinajstić information content (AvgIpc) is 2.60. The molecule has 4 heteroatoms. The number of hydrogen-bond donors (Lipinski definition) is 1. The summed E-state index contributed by atoms with van der Waals surface area (Å²) < 4.78 is 1.30. The van der Waals surface area contributed by atoms with E-state index in [0.29, 0.717) is 17.5 Å². The normalized spacial score (nSPS) is 23.1. The molecule has 1 rings (SSSR count). The van der Waals surface area contributed by atoms with Crippen molar-refractivity contribution in [3.63, 3.8) is 0 Å². The predicted molar refractivity (Wildman–Crippen MR) is 104 cm³/mol. The van der Waals surface area contributed by atoms with Crippen molar-refractivity contribution < 1.29 is 4.79 Å². The Kier molecular flexibility index (Phi) is 9.10. The van der Waals surface area contributed by atoms with E-state index >= 15 is 0 Å². The number of halogens is 2. The van der Waals surface area contributed by atoms with Gasteiger partial charge in [0.25, 0.3) is 0 Å². The highest BCUT2D eigenvalue weighted by molar-refractivity contribution is 14.1. The van der Waals surface area contributed by atoms with Crippen molar-refractivity contribution in [2.24, 2.45) is 11.8 Å². The molecular formula is C18H25ClINO. The third kappa shape index (κ3) is 7.63. The standard InChI is InChI=1S/C18H25ClINO/c1-4-5-15(11-14(3)19)8-9-21-18(22)16-10-13(2)6-7-17(20)12-16/h4-5,7,11,13,16H,3,6,8-10,12H2,1-2H3,(H,21,22)/b5-4-,15-11+. The van der Waals surface area contributed by atoms with Crippen LogP contribution in [0.5, 0.6) is 0 Å². The highest BCUT2D eigenvalue weighted by atomic mass is 127. The Hall–Kier alpha value is -0.550. The second kappa shape index (κ2) is 10.3. The number of rotatable bonds is 6. The van der Waals surface area contributed by atoms with Crippen molar-refractivity contribution in [1.29, 1.82) is 0 Å². The molecule has 0 aromatic carbocycles. The number of carbonyl (C=O) groups is 1. The van der Waals surface area contributed by atoms with Crippen molar-refractivity contribution >= 4 is 40.1 Å². The number of allylic oxidation sites excluding steroid dienone is 6. The number of amides is 1. The summed E-state index contributed by atoms with van der Waals surface area (Å²) in [6, 6.07) is 0. The average molecular weight is 434 g/mol. The summed E-state index contributed by atoms with van der Waals surface area (Å²) in [6.45, 7) is 8.49. The van der Waals surface area contributed by atoms with Gasteiger partial charge in [-0.2, -0.15) is 0 Å². The Morgan fingerprint density at radius 3 is 2.95 bits per heavy atom. The smallest absolute Gasteiger partial charge is 0.223 e. The number of carbonyl (C=O) groups excluding carboxylic acids is 1. The van der Waals surface area contributed by atoms with E-state index in [-0.39, 0.29) is 11.8 Å². The first-order valence-electron chi connectivity index (χ1n) is 7.72. The number of hydrogen-bond acceptors (Lipinski definition) is 1. The summed E-state index contributed by atoms with van der Waals surface area (Å²) in [7, 11) is 0. The Morgan fingerprint density at radius 1 is 1.59 bits per heavy atom. The summed E-state index contributed by atoms with van der Waals surface area (Å²) in [4.78, 5) is 12.4. The van der Waals surface area contributed by atoms with Crippen LogP contribution in [0.4, 0.5) is 0 Å². The highest BCUT2D eigenvalue weighted by Crippen LogP contribution is 2.30. The first-order valence-corrected chi connectivity index (χ1v) is 9.18. The van der Waals surface area contributed by atoms with E-state index in [4.69, 9.17) is 11.6 Å². The maximum Gasteiger partial charge on any atom is 0.223 e. The second-order valence-electron chi connectivity index (χ2n) is 5.84. The Bertz CT molecular complexity index is 493. The van der Waals surface area contributed by atoms with Gasteiger partial charge in [0, 0.05) is 17.5 Å². The molecule has 0 saturated carbocycles. The van der Waals surface area contributed by atoms with Crippen LogP contribution in [0, 0.1) is 11.8 Å². The van der Waals surface area contributed by atoms with Gasteiger partial charge in [-0.15, -0.1) is 0 Å². The van der Waals surface area contributed by atoms with Crippen molar-refractivity contribution in [2.45, 2.75) is 39.5 Å². The minimum atomic E-state index is 0.0952. The van der Waals surface area contributed by atoms with Crippen LogP contribution >= 0.6 is 34.2 Å². The lowest BCUT2D eigenvalue weighted by molar-refractivity contribution is -0.125. The third-order valence-corrected chi connectivity index (χ3v) is 4.67. The van der Waals surface area contributed by atoms with E-state index < -0.39 is 0 Å². The maximum atomic E-state index is 12.4. The zero-order valence-electron chi connectivity index (χ0n) is 13.4. The van der Waals surface area contributed by atoms with Gasteiger partial charge in [0.1, 0.15) is 0 Å². The molecule has 0 radical (unpaired) electrons. The summed E-state index contributed by atoms with van der Waals surface area (Å²) in [5.74, 6) is 0.833. The van der Waals surface area contributed by atoms with Gasteiger partial charge in [0.05, 0.1) is 0 Å². The van der Waals surface area contributed by atoms with Gasteiger partial charge in [0.15, 0.2) is 0 Å². The van der Waals surface area contributed by atoms with E-state index in [1.807, 2.05) is 25.2 Å². The molecule has 2 unspecified atom stereocenters. The van der Waals surface area contributed by atoms with E-state index in [0.717, 1.165) is 31.3 Å². The molecule has 0 aromatic rings. The molecule has 2 atom stereocenters. The van der Waals surface area contributed by atoms with Crippen LogP contribution in [0.15, 0.2) is 45.1 Å². The molecule has 122 valence electrons. The molecule has 1 aliphatic rings. The van der Waals surface area contributed by atoms with Gasteiger partial charge in [-0.05, 0) is 76.3 Å². The van der Waals surface area contributed by atoms with Crippen molar-refractivity contribution in [3.8, 4) is 0 Å². The molecule has 1 amide bonds. The molecule has 1 N–H and O–H groups in total. The summed E-state index contributed by atoms with van der Waals surface area (Å²) in [6.07, 6.45) is 11.7. The topological polar surface area (TPSA) is 29.1 Å². The van der Waals surface area contributed by atoms with E-state index in [1.54, 1.807) is 0 Å². The molecule has 0 bridgehead atoms. The summed E-state index contributed by atoms with van der Waals surface area (Å²) >= 11 is 8.17. The summed E-state index contributed by atoms with van der Waals surface area (Å²) in [5, 5.41) is 3.58. The fourth-order valence-corrected chi connectivity index (χ4v) is 3.53. The lowest BCUT2D eigenvalue weighted by Crippen LogP contribution is -2.32. The first kappa shape index (κ1) is 19.5. The maximum absolute atomic E-state index is 12.4. The van der Waals surface area contributed by atoms with Crippen LogP contribution in [0.3, 0.4) is 0 Å². The lowest BCUT2D eigenvalue weighted by atomic mass is 9.93. The van der Waals surface area contributed by atoms with Crippen molar-refractivity contribution in [3.05, 3.63) is 45.1 Å². The number of nitrogens with one attached hydrogen (secondary N) is 1. The fraction of sp³-hybridized carbons (Fsp3) is 0.500. The Labute approximate surface area is 152 Å². The SMILES string of the molecule is C=C(Cl)/C=C(\C=C/C)CCNC(=O)C1CC(I)=CCC(C)C1. The molecular weight excluding hydrogens is 409 g/mol. The molecule has 22 heavy (non-hydrogen) atoms. The fourth-order valence-electron chi connectivity index (χ4n) is 2.61. The van der Waals surface area contributed by atoms with E-state index in [2.05, 4.69) is 47.5 Å². The molecule has 0 heterocycles. The minimum Gasteiger partial charge on any atom is -0.356 e. The zero-order valence-corrected chi connectivity index (χ0v) is 16.3. The molecule has 0 fully saturated rings. The van der Waals surface area contributed by atoms with Gasteiger partial charge < -0.3 is 5.32 Å². The summed E-state index contributed by atoms with van der Waals surface area (Å²) in [5.41, 5.74) is 1.08. The molecule has 2 nitrogen and oxygen atoms in total. The lowest BCUT2D eigenvalue weighted by Gasteiger charge is -2.17. The quantitative estimate of drug-likeness (QED) is 0.435. The van der Waals surface area contributed by atoms with Gasteiger partial charge in [0.2, 0.25) is 5.91 Å². The third-order valence-electron chi connectivity index (χ3n) is 3.68. The van der Waals surface area contributed by atoms with Gasteiger partial charge in [-0.3, -0.25) is 4.79 Å². The van der Waals surface area contributed by atoms with Crippen LogP contribution in [0.1, 0.15) is 39.5 Å². The van der Waals surface area contributed by atoms with Crippen LogP contribution in [0.2, 0.25) is 0 Å². The predicted octanol–water partition coefficient (Wildman–Crippen LogP) is 5.50. The largest absolute Gasteiger partial charge is 0.356 e. The van der Waals surface area contributed by atoms with Crippen molar-refractivity contribution in [2.75, 3.05) is 6.54 Å². The van der Waals surface area contributed by atoms with Crippen molar-refractivity contribution in [1.82, 2.24) is 5.32 Å². The Morgan fingerprint density at radius 2 is 2.32 bits per heavy atom. The van der Waals surface area contributed by atoms with Crippen LogP contribution in [0.25, 0.3) is 0 Å². The van der Waals surface area contributed by atoms with Crippen LogP contribution in [-0.2, 0) is 4.79 Å².